The Bertz CT molecular complexity index is 1000. The van der Waals surface area contributed by atoms with Crippen LogP contribution in [0.1, 0.15) is 31.0 Å². The van der Waals surface area contributed by atoms with Gasteiger partial charge in [0.2, 0.25) is 5.96 Å². The highest BCUT2D eigenvalue weighted by Crippen LogP contribution is 2.40. The summed E-state index contributed by atoms with van der Waals surface area (Å²) in [4.78, 5) is 1.11. The maximum atomic E-state index is 4.58. The first-order valence-electron chi connectivity index (χ1n) is 9.04. The summed E-state index contributed by atoms with van der Waals surface area (Å²) in [7, 11) is 1.96. The summed E-state index contributed by atoms with van der Waals surface area (Å²) in [5.41, 5.74) is 6.81. The minimum atomic E-state index is 0.525. The van der Waals surface area contributed by atoms with Crippen molar-refractivity contribution in [1.29, 1.82) is 0 Å². The van der Waals surface area contributed by atoms with Gasteiger partial charge < -0.3 is 10.6 Å². The molecular formula is C21H23N5S. The van der Waals surface area contributed by atoms with E-state index in [1.165, 1.54) is 17.5 Å². The third kappa shape index (κ3) is 3.45. The number of benzene rings is 2. The number of fused-ring (bicyclic) bond motifs is 1. The zero-order chi connectivity index (χ0) is 19.0. The number of nitrogens with one attached hydrogen (secondary N) is 2. The number of aromatic nitrogens is 2. The molecule has 1 aromatic heterocycles. The number of hydrogen-bond acceptors (Lipinski definition) is 5. The highest BCUT2D eigenvalue weighted by atomic mass is 32.2. The van der Waals surface area contributed by atoms with Gasteiger partial charge in [0.1, 0.15) is 0 Å². The Hall–Kier alpha value is -2.73. The molecular weight excluding hydrogens is 354 g/mol. The van der Waals surface area contributed by atoms with Gasteiger partial charge in [-0.2, -0.15) is 9.50 Å². The number of aryl methyl sites for hydroxylation is 1. The van der Waals surface area contributed by atoms with E-state index in [-0.39, 0.29) is 0 Å². The third-order valence-corrected chi connectivity index (χ3v) is 5.68. The van der Waals surface area contributed by atoms with Crippen molar-refractivity contribution in [3.05, 3.63) is 59.9 Å². The van der Waals surface area contributed by atoms with Gasteiger partial charge in [-0.05, 0) is 36.6 Å². The van der Waals surface area contributed by atoms with E-state index < -0.39 is 0 Å². The summed E-state index contributed by atoms with van der Waals surface area (Å²) in [6.45, 7) is 6.48. The lowest BCUT2D eigenvalue weighted by atomic mass is 10.0. The highest BCUT2D eigenvalue weighted by Gasteiger charge is 2.19. The Kier molecular flexibility index (Phi) is 4.66. The van der Waals surface area contributed by atoms with E-state index in [1.807, 2.05) is 17.9 Å². The molecule has 5 nitrogen and oxygen atoms in total. The van der Waals surface area contributed by atoms with Gasteiger partial charge in [0.15, 0.2) is 0 Å². The van der Waals surface area contributed by atoms with Crippen LogP contribution in [0.5, 0.6) is 0 Å². The number of rotatable bonds is 3. The van der Waals surface area contributed by atoms with Crippen LogP contribution in [-0.4, -0.2) is 15.7 Å². The average molecular weight is 378 g/mol. The lowest BCUT2D eigenvalue weighted by Gasteiger charge is -2.21. The zero-order valence-electron chi connectivity index (χ0n) is 15.9. The van der Waals surface area contributed by atoms with Crippen molar-refractivity contribution in [3.8, 4) is 11.1 Å². The molecule has 1 aliphatic rings. The first kappa shape index (κ1) is 17.7. The second-order valence-electron chi connectivity index (χ2n) is 7.00. The van der Waals surface area contributed by atoms with E-state index in [4.69, 9.17) is 0 Å². The molecule has 0 saturated carbocycles. The maximum absolute atomic E-state index is 4.58. The van der Waals surface area contributed by atoms with Crippen molar-refractivity contribution in [2.75, 3.05) is 10.6 Å². The van der Waals surface area contributed by atoms with Crippen LogP contribution in [0.25, 0.3) is 11.1 Å². The molecule has 0 radical (unpaired) electrons. The molecule has 2 N–H and O–H groups in total. The van der Waals surface area contributed by atoms with Crippen LogP contribution in [0, 0.1) is 6.92 Å². The number of hydrogen-bond donors (Lipinski definition) is 2. The van der Waals surface area contributed by atoms with Gasteiger partial charge >= 0.3 is 0 Å². The van der Waals surface area contributed by atoms with Gasteiger partial charge in [-0.1, -0.05) is 38.1 Å². The third-order valence-electron chi connectivity index (χ3n) is 4.87. The van der Waals surface area contributed by atoms with E-state index in [0.29, 0.717) is 5.92 Å². The molecule has 3 aromatic rings. The van der Waals surface area contributed by atoms with Crippen LogP contribution in [0.2, 0.25) is 0 Å². The molecule has 2 aromatic carbocycles. The van der Waals surface area contributed by atoms with Gasteiger partial charge in [0, 0.05) is 41.5 Å². The normalized spacial score (nSPS) is 13.1. The molecule has 0 spiro atoms. The van der Waals surface area contributed by atoms with Crippen LogP contribution in [0.4, 0.5) is 11.4 Å². The van der Waals surface area contributed by atoms with Crippen molar-refractivity contribution in [2.24, 2.45) is 11.4 Å². The van der Waals surface area contributed by atoms with Crippen LogP contribution in [0.3, 0.4) is 0 Å². The largest absolute Gasteiger partial charge is 0.325 e. The lowest BCUT2D eigenvalue weighted by molar-refractivity contribution is 0.740. The van der Waals surface area contributed by atoms with Crippen LogP contribution >= 0.6 is 11.9 Å². The van der Waals surface area contributed by atoms with Crippen LogP contribution < -0.4 is 10.6 Å². The Balaban J connectivity index is 1.60. The monoisotopic (exact) mass is 377 g/mol. The first-order valence-corrected chi connectivity index (χ1v) is 9.81. The van der Waals surface area contributed by atoms with Gasteiger partial charge in [-0.25, -0.2) is 0 Å². The van der Waals surface area contributed by atoms with Gasteiger partial charge in [-0.15, -0.1) is 0 Å². The van der Waals surface area contributed by atoms with E-state index in [0.717, 1.165) is 39.1 Å². The van der Waals surface area contributed by atoms with Crippen LogP contribution in [0.15, 0.2) is 58.0 Å². The Morgan fingerprint density at radius 1 is 1.07 bits per heavy atom. The molecule has 0 aliphatic carbocycles. The fourth-order valence-electron chi connectivity index (χ4n) is 3.10. The first-order chi connectivity index (χ1) is 13.0. The summed E-state index contributed by atoms with van der Waals surface area (Å²) >= 11 is 1.48. The number of para-hydroxylation sites is 1. The fraction of sp³-hybridized carbons (Fsp3) is 0.238. The summed E-state index contributed by atoms with van der Waals surface area (Å²) < 4.78 is 6.47. The number of nitrogens with zero attached hydrogens (tertiary/aromatic N) is 3. The quantitative estimate of drug-likeness (QED) is 0.599. The zero-order valence-corrected chi connectivity index (χ0v) is 16.8. The molecule has 6 heteroatoms. The summed E-state index contributed by atoms with van der Waals surface area (Å²) in [5.74, 6) is 1.26. The van der Waals surface area contributed by atoms with E-state index in [2.05, 4.69) is 83.4 Å². The molecule has 0 atom stereocenters. The summed E-state index contributed by atoms with van der Waals surface area (Å²) in [6, 6.07) is 14.8. The van der Waals surface area contributed by atoms with Crippen molar-refractivity contribution in [2.45, 2.75) is 31.6 Å². The highest BCUT2D eigenvalue weighted by molar-refractivity contribution is 7.98. The molecule has 0 bridgehead atoms. The Morgan fingerprint density at radius 3 is 2.52 bits per heavy atom. The van der Waals surface area contributed by atoms with E-state index in [1.54, 1.807) is 0 Å². The van der Waals surface area contributed by atoms with Gasteiger partial charge in [-0.3, -0.25) is 4.68 Å². The number of guanidine groups is 1. The maximum Gasteiger partial charge on any atom is 0.212 e. The smallest absolute Gasteiger partial charge is 0.212 e. The standard InChI is InChI=1S/C21H23N5S/c1-13(2)15-8-10-16(11-9-15)23-21-24-20-17(6-5-7-19(20)27-25-21)18-12-22-26(4)14(18)3/h5-13H,1-4H3,(H2,23,24,25). The fourth-order valence-corrected chi connectivity index (χ4v) is 3.77. The minimum Gasteiger partial charge on any atom is -0.325 e. The van der Waals surface area contributed by atoms with E-state index >= 15 is 0 Å². The molecule has 2 heterocycles. The van der Waals surface area contributed by atoms with Crippen molar-refractivity contribution in [3.63, 3.8) is 0 Å². The second-order valence-corrected chi connectivity index (χ2v) is 7.81. The lowest BCUT2D eigenvalue weighted by Crippen LogP contribution is -2.24. The topological polar surface area (TPSA) is 54.2 Å². The molecule has 4 rings (SSSR count). The van der Waals surface area contributed by atoms with Gasteiger partial charge in [0.05, 0.1) is 16.8 Å². The second kappa shape index (κ2) is 7.12. The molecule has 27 heavy (non-hydrogen) atoms. The molecule has 0 amide bonds. The van der Waals surface area contributed by atoms with E-state index in [9.17, 15) is 0 Å². The Morgan fingerprint density at radius 2 is 1.85 bits per heavy atom. The van der Waals surface area contributed by atoms with Gasteiger partial charge in [0.25, 0.3) is 0 Å². The average Bonchev–Trinajstić information content (AvgIpc) is 3.00. The predicted octanol–water partition coefficient (Wildman–Crippen LogP) is 5.42. The van der Waals surface area contributed by atoms with Crippen LogP contribution in [-0.2, 0) is 7.05 Å². The minimum absolute atomic E-state index is 0.525. The molecule has 1 aliphatic heterocycles. The molecule has 0 unspecified atom stereocenters. The summed E-state index contributed by atoms with van der Waals surface area (Å²) in [6.07, 6.45) is 1.92. The molecule has 0 saturated heterocycles. The number of anilines is 2. The SMILES string of the molecule is Cc1c(-c2cccc3c2NC(Nc2ccc(C(C)C)cc2)=NS3)cnn1C. The molecule has 0 fully saturated rings. The Labute approximate surface area is 164 Å². The predicted molar refractivity (Wildman–Crippen MR) is 114 cm³/mol. The van der Waals surface area contributed by atoms with Crippen molar-refractivity contribution < 1.29 is 0 Å². The van der Waals surface area contributed by atoms with Crippen molar-refractivity contribution >= 4 is 29.3 Å². The summed E-state index contributed by atoms with van der Waals surface area (Å²) in [5, 5.41) is 11.2. The molecule has 138 valence electrons. The van der Waals surface area contributed by atoms with Crippen molar-refractivity contribution in [1.82, 2.24) is 9.78 Å².